The van der Waals surface area contributed by atoms with Crippen LogP contribution in [0.2, 0.25) is 0 Å². The van der Waals surface area contributed by atoms with E-state index in [0.717, 1.165) is 21.7 Å². The lowest BCUT2D eigenvalue weighted by atomic mass is 10.1. The fourth-order valence-electron chi connectivity index (χ4n) is 1.33. The van der Waals surface area contributed by atoms with Crippen molar-refractivity contribution >= 4 is 27.7 Å². The molecule has 0 amide bonds. The molecule has 1 rings (SSSR count). The maximum atomic E-state index is 9.72. The Morgan fingerprint density at radius 1 is 1.38 bits per heavy atom. The van der Waals surface area contributed by atoms with E-state index >= 15 is 0 Å². The van der Waals surface area contributed by atoms with Gasteiger partial charge in [0.15, 0.2) is 0 Å². The van der Waals surface area contributed by atoms with Gasteiger partial charge in [0, 0.05) is 15.1 Å². The molecule has 0 aliphatic carbocycles. The third-order valence-corrected chi connectivity index (χ3v) is 4.55. The zero-order valence-corrected chi connectivity index (χ0v) is 12.4. The van der Waals surface area contributed by atoms with E-state index in [9.17, 15) is 5.11 Å². The molecular formula is C13H19BrOS. The molecule has 0 aliphatic heterocycles. The summed E-state index contributed by atoms with van der Waals surface area (Å²) in [5.41, 5.74) is 1.02. The first-order valence-corrected chi connectivity index (χ1v) is 7.42. The van der Waals surface area contributed by atoms with Crippen molar-refractivity contribution in [3.63, 3.8) is 0 Å². The average molecular weight is 303 g/mol. The Hall–Kier alpha value is 0.01000. The zero-order valence-electron chi connectivity index (χ0n) is 10.0. The van der Waals surface area contributed by atoms with Crippen molar-refractivity contribution in [1.29, 1.82) is 0 Å². The van der Waals surface area contributed by atoms with Gasteiger partial charge >= 0.3 is 0 Å². The van der Waals surface area contributed by atoms with Crippen molar-refractivity contribution in [2.75, 3.05) is 5.75 Å². The third kappa shape index (κ3) is 4.11. The van der Waals surface area contributed by atoms with Crippen LogP contribution in [-0.4, -0.2) is 10.9 Å². The zero-order chi connectivity index (χ0) is 12.1. The predicted octanol–water partition coefficient (Wildman–Crippen LogP) is 4.64. The third-order valence-electron chi connectivity index (χ3n) is 2.64. The molecule has 0 aliphatic rings. The minimum absolute atomic E-state index is 0.406. The van der Waals surface area contributed by atoms with Gasteiger partial charge < -0.3 is 5.11 Å². The predicted molar refractivity (Wildman–Crippen MR) is 75.0 cm³/mol. The van der Waals surface area contributed by atoms with E-state index in [1.807, 2.05) is 30.8 Å². The first kappa shape index (κ1) is 14.1. The van der Waals surface area contributed by atoms with E-state index in [2.05, 4.69) is 35.8 Å². The van der Waals surface area contributed by atoms with Gasteiger partial charge in [0.1, 0.15) is 0 Å². The van der Waals surface area contributed by atoms with Gasteiger partial charge in [-0.1, -0.05) is 36.2 Å². The Balaban J connectivity index is 2.78. The van der Waals surface area contributed by atoms with Gasteiger partial charge in [-0.2, -0.15) is 0 Å². The average Bonchev–Trinajstić information content (AvgIpc) is 2.26. The van der Waals surface area contributed by atoms with Gasteiger partial charge in [0.05, 0.1) is 6.10 Å². The molecule has 1 aromatic rings. The van der Waals surface area contributed by atoms with Crippen LogP contribution in [0.5, 0.6) is 0 Å². The Labute approximate surface area is 111 Å². The summed E-state index contributed by atoms with van der Waals surface area (Å²) >= 11 is 5.27. The number of aliphatic hydroxyl groups excluding tert-OH is 1. The molecule has 16 heavy (non-hydrogen) atoms. The summed E-state index contributed by atoms with van der Waals surface area (Å²) in [6.45, 7) is 6.28. The Kier molecular flexibility index (Phi) is 5.87. The number of thioether (sulfide) groups is 1. The van der Waals surface area contributed by atoms with Crippen LogP contribution in [-0.2, 0) is 0 Å². The lowest BCUT2D eigenvalue weighted by Gasteiger charge is -2.14. The summed E-state index contributed by atoms with van der Waals surface area (Å²) in [6.07, 6.45) is 0.796. The smallest absolute Gasteiger partial charge is 0.0773 e. The molecule has 1 nitrogen and oxygen atoms in total. The summed E-state index contributed by atoms with van der Waals surface area (Å²) in [5.74, 6) is 1.83. The minimum atomic E-state index is -0.406. The van der Waals surface area contributed by atoms with Crippen LogP contribution in [0.3, 0.4) is 0 Å². The largest absolute Gasteiger partial charge is 0.389 e. The number of aliphatic hydroxyl groups is 1. The fraction of sp³-hybridized carbons (Fsp3) is 0.538. The maximum Gasteiger partial charge on any atom is 0.0773 e. The second-order valence-electron chi connectivity index (χ2n) is 4.18. The molecule has 0 aromatic heterocycles. The van der Waals surface area contributed by atoms with Crippen molar-refractivity contribution in [3.05, 3.63) is 28.2 Å². The van der Waals surface area contributed by atoms with E-state index < -0.39 is 6.10 Å². The summed E-state index contributed by atoms with van der Waals surface area (Å²) in [4.78, 5) is 1.19. The monoisotopic (exact) mass is 302 g/mol. The highest BCUT2D eigenvalue weighted by atomic mass is 79.9. The molecule has 0 fully saturated rings. The number of hydrogen-bond acceptors (Lipinski definition) is 2. The van der Waals surface area contributed by atoms with Crippen LogP contribution in [0.4, 0.5) is 0 Å². The molecule has 2 unspecified atom stereocenters. The number of halogens is 1. The van der Waals surface area contributed by atoms with E-state index in [0.29, 0.717) is 0 Å². The molecule has 0 spiro atoms. The number of hydrogen-bond donors (Lipinski definition) is 1. The topological polar surface area (TPSA) is 20.2 Å². The van der Waals surface area contributed by atoms with Crippen molar-refractivity contribution in [2.24, 2.45) is 5.92 Å². The molecule has 1 N–H and O–H groups in total. The summed E-state index contributed by atoms with van der Waals surface area (Å²) in [6, 6.07) is 6.12. The van der Waals surface area contributed by atoms with Crippen molar-refractivity contribution in [2.45, 2.75) is 38.2 Å². The molecule has 1 aromatic carbocycles. The van der Waals surface area contributed by atoms with Crippen LogP contribution < -0.4 is 0 Å². The first-order valence-electron chi connectivity index (χ1n) is 5.64. The molecule has 3 heteroatoms. The van der Waals surface area contributed by atoms with Crippen LogP contribution in [0.25, 0.3) is 0 Å². The number of rotatable bonds is 5. The van der Waals surface area contributed by atoms with Gasteiger partial charge in [0.25, 0.3) is 0 Å². The second-order valence-corrected chi connectivity index (χ2v) is 6.16. The Morgan fingerprint density at radius 3 is 2.62 bits per heavy atom. The summed E-state index contributed by atoms with van der Waals surface area (Å²) in [5, 5.41) is 9.72. The van der Waals surface area contributed by atoms with Crippen LogP contribution in [0, 0.1) is 5.92 Å². The molecule has 0 radical (unpaired) electrons. The number of benzene rings is 1. The first-order chi connectivity index (χ1) is 7.54. The molecule has 0 heterocycles. The highest BCUT2D eigenvalue weighted by Crippen LogP contribution is 2.31. The molecule has 0 saturated carbocycles. The van der Waals surface area contributed by atoms with E-state index in [1.54, 1.807) is 0 Å². The van der Waals surface area contributed by atoms with Crippen LogP contribution in [0.1, 0.15) is 38.9 Å². The van der Waals surface area contributed by atoms with Crippen LogP contribution >= 0.6 is 27.7 Å². The van der Waals surface area contributed by atoms with Gasteiger partial charge in [-0.3, -0.25) is 0 Å². The SMILES string of the molecule is CCC(C)CSc1ccc(Br)cc1C(C)O. The van der Waals surface area contributed by atoms with E-state index in [-0.39, 0.29) is 0 Å². The molecular weight excluding hydrogens is 284 g/mol. The summed E-state index contributed by atoms with van der Waals surface area (Å²) in [7, 11) is 0. The standard InChI is InChI=1S/C13H19BrOS/c1-4-9(2)8-16-13-6-5-11(14)7-12(13)10(3)15/h5-7,9-10,15H,4,8H2,1-3H3. The van der Waals surface area contributed by atoms with Gasteiger partial charge in [-0.15, -0.1) is 11.8 Å². The molecule has 2 atom stereocenters. The highest BCUT2D eigenvalue weighted by molar-refractivity contribution is 9.10. The Bertz CT molecular complexity index is 339. The highest BCUT2D eigenvalue weighted by Gasteiger charge is 2.10. The van der Waals surface area contributed by atoms with Crippen LogP contribution in [0.15, 0.2) is 27.6 Å². The molecule has 0 bridgehead atoms. The van der Waals surface area contributed by atoms with Gasteiger partial charge in [0.2, 0.25) is 0 Å². The van der Waals surface area contributed by atoms with E-state index in [4.69, 9.17) is 0 Å². The summed E-state index contributed by atoms with van der Waals surface area (Å²) < 4.78 is 1.02. The minimum Gasteiger partial charge on any atom is -0.389 e. The van der Waals surface area contributed by atoms with Gasteiger partial charge in [-0.25, -0.2) is 0 Å². The Morgan fingerprint density at radius 2 is 2.06 bits per heavy atom. The molecule has 0 saturated heterocycles. The normalized spacial score (nSPS) is 14.8. The van der Waals surface area contributed by atoms with Crippen molar-refractivity contribution in [3.8, 4) is 0 Å². The second kappa shape index (κ2) is 6.67. The lowest BCUT2D eigenvalue weighted by molar-refractivity contribution is 0.196. The fourth-order valence-corrected chi connectivity index (χ4v) is 2.97. The quantitative estimate of drug-likeness (QED) is 0.800. The van der Waals surface area contributed by atoms with Crippen molar-refractivity contribution in [1.82, 2.24) is 0 Å². The van der Waals surface area contributed by atoms with E-state index in [1.165, 1.54) is 11.3 Å². The lowest BCUT2D eigenvalue weighted by Crippen LogP contribution is -1.98. The maximum absolute atomic E-state index is 9.72. The van der Waals surface area contributed by atoms with Crippen molar-refractivity contribution < 1.29 is 5.11 Å². The van der Waals surface area contributed by atoms with Gasteiger partial charge in [-0.05, 0) is 36.6 Å². The molecule has 90 valence electrons.